The van der Waals surface area contributed by atoms with E-state index in [1.807, 2.05) is 0 Å². The molecule has 0 nitrogen and oxygen atoms in total. The molecule has 0 radical (unpaired) electrons. The largest absolute Gasteiger partial charge is 0.0648 e. The van der Waals surface area contributed by atoms with E-state index in [-0.39, 0.29) is 0 Å². The van der Waals surface area contributed by atoms with Crippen LogP contribution in [0.25, 0.3) is 0 Å². The van der Waals surface area contributed by atoms with Crippen molar-refractivity contribution < 1.29 is 0 Å². The van der Waals surface area contributed by atoms with Gasteiger partial charge in [-0.25, -0.2) is 0 Å². The Bertz CT molecular complexity index is 333. The molecule has 5 bridgehead atoms. The second-order valence-corrected chi connectivity index (χ2v) is 7.19. The minimum atomic E-state index is 0.889. The molecule has 0 aromatic heterocycles. The quantitative estimate of drug-likeness (QED) is 0.591. The minimum absolute atomic E-state index is 0.889. The predicted octanol–water partition coefficient (Wildman–Crippen LogP) is 3.47. The first-order valence-corrected chi connectivity index (χ1v) is 6.80. The summed E-state index contributed by atoms with van der Waals surface area (Å²) in [6, 6.07) is 0. The monoisotopic (exact) mass is 188 g/mol. The molecule has 0 aromatic rings. The van der Waals surface area contributed by atoms with Crippen molar-refractivity contribution >= 4 is 0 Å². The molecule has 0 aliphatic heterocycles. The molecule has 76 valence electrons. The summed E-state index contributed by atoms with van der Waals surface area (Å²) in [6.07, 6.45) is 9.83. The lowest BCUT2D eigenvalue weighted by Crippen LogP contribution is -2.41. The molecule has 5 saturated carbocycles. The fourth-order valence-electron chi connectivity index (χ4n) is 7.46. The van der Waals surface area contributed by atoms with Crippen LogP contribution >= 0.6 is 0 Å². The van der Waals surface area contributed by atoms with Crippen molar-refractivity contribution in [3.05, 3.63) is 0 Å². The van der Waals surface area contributed by atoms with Crippen LogP contribution in [-0.2, 0) is 0 Å². The van der Waals surface area contributed by atoms with Gasteiger partial charge in [-0.2, -0.15) is 0 Å². The Balaban J connectivity index is 1.81. The Morgan fingerprint density at radius 1 is 1.00 bits per heavy atom. The van der Waals surface area contributed by atoms with Crippen molar-refractivity contribution in [1.82, 2.24) is 0 Å². The SMILES string of the molecule is CCC12CC3CC1C14CC3CC1C2C4. The number of fused-ring (bicyclic) bond motifs is 4. The van der Waals surface area contributed by atoms with Crippen LogP contribution in [0, 0.1) is 40.4 Å². The van der Waals surface area contributed by atoms with Gasteiger partial charge in [0.1, 0.15) is 0 Å². The molecule has 5 rings (SSSR count). The van der Waals surface area contributed by atoms with Crippen LogP contribution in [0.5, 0.6) is 0 Å². The summed E-state index contributed by atoms with van der Waals surface area (Å²) in [5.74, 6) is 6.01. The van der Waals surface area contributed by atoms with Gasteiger partial charge in [-0.05, 0) is 78.9 Å². The van der Waals surface area contributed by atoms with E-state index in [0.29, 0.717) is 0 Å². The summed E-state index contributed by atoms with van der Waals surface area (Å²) < 4.78 is 0. The van der Waals surface area contributed by atoms with Gasteiger partial charge in [-0.3, -0.25) is 0 Å². The predicted molar refractivity (Wildman–Crippen MR) is 55.7 cm³/mol. The lowest BCUT2D eigenvalue weighted by molar-refractivity contribution is 0.00852. The summed E-state index contributed by atoms with van der Waals surface area (Å²) in [4.78, 5) is 0. The summed E-state index contributed by atoms with van der Waals surface area (Å²) in [5, 5.41) is 0. The third-order valence-corrected chi connectivity index (χ3v) is 7.66. The Labute approximate surface area is 86.5 Å². The first kappa shape index (κ1) is 7.30. The number of rotatable bonds is 1. The van der Waals surface area contributed by atoms with Crippen LogP contribution in [-0.4, -0.2) is 0 Å². The summed E-state index contributed by atoms with van der Waals surface area (Å²) in [6.45, 7) is 2.49. The molecular weight excluding hydrogens is 168 g/mol. The third kappa shape index (κ3) is 0.432. The normalized spacial score (nSPS) is 75.6. The van der Waals surface area contributed by atoms with E-state index >= 15 is 0 Å². The van der Waals surface area contributed by atoms with Crippen LogP contribution in [0.3, 0.4) is 0 Å². The van der Waals surface area contributed by atoms with E-state index in [1.165, 1.54) is 36.0 Å². The van der Waals surface area contributed by atoms with Crippen LogP contribution in [0.2, 0.25) is 0 Å². The van der Waals surface area contributed by atoms with Gasteiger partial charge >= 0.3 is 0 Å². The van der Waals surface area contributed by atoms with Crippen LogP contribution in [0.4, 0.5) is 0 Å². The molecule has 0 heterocycles. The van der Waals surface area contributed by atoms with E-state index in [4.69, 9.17) is 0 Å². The second-order valence-electron chi connectivity index (χ2n) is 7.19. The Hall–Kier alpha value is 0. The van der Waals surface area contributed by atoms with Gasteiger partial charge in [-0.15, -0.1) is 0 Å². The molecule has 0 heteroatoms. The highest BCUT2D eigenvalue weighted by Crippen LogP contribution is 2.89. The van der Waals surface area contributed by atoms with Crippen molar-refractivity contribution in [3.8, 4) is 0 Å². The average Bonchev–Trinajstić information content (AvgIpc) is 2.71. The van der Waals surface area contributed by atoms with Gasteiger partial charge in [0.25, 0.3) is 0 Å². The first-order chi connectivity index (χ1) is 6.80. The van der Waals surface area contributed by atoms with Crippen molar-refractivity contribution in [2.75, 3.05) is 0 Å². The van der Waals surface area contributed by atoms with Crippen molar-refractivity contribution in [2.45, 2.75) is 45.4 Å². The van der Waals surface area contributed by atoms with Gasteiger partial charge < -0.3 is 0 Å². The zero-order valence-corrected chi connectivity index (χ0v) is 9.13. The topological polar surface area (TPSA) is 0 Å². The smallest absolute Gasteiger partial charge is 0.0227 e. The fourth-order valence-corrected chi connectivity index (χ4v) is 7.46. The highest BCUT2D eigenvalue weighted by molar-refractivity contribution is 5.30. The molecule has 0 amide bonds. The highest BCUT2D eigenvalue weighted by atomic mass is 14.9. The highest BCUT2D eigenvalue weighted by Gasteiger charge is 2.81. The number of hydrogen-bond acceptors (Lipinski definition) is 0. The average molecular weight is 188 g/mol. The molecule has 7 atom stereocenters. The molecule has 5 aliphatic carbocycles. The molecule has 14 heavy (non-hydrogen) atoms. The van der Waals surface area contributed by atoms with E-state index in [2.05, 4.69) is 6.92 Å². The third-order valence-electron chi connectivity index (χ3n) is 7.66. The van der Waals surface area contributed by atoms with Gasteiger partial charge in [0.05, 0.1) is 0 Å². The van der Waals surface area contributed by atoms with Crippen LogP contribution in [0.15, 0.2) is 0 Å². The Morgan fingerprint density at radius 3 is 2.71 bits per heavy atom. The lowest BCUT2D eigenvalue weighted by Gasteiger charge is -2.48. The van der Waals surface area contributed by atoms with Crippen LogP contribution in [0.1, 0.15) is 45.4 Å². The molecule has 5 aliphatic rings. The maximum atomic E-state index is 2.49. The minimum Gasteiger partial charge on any atom is -0.0648 e. The van der Waals surface area contributed by atoms with Gasteiger partial charge in [0.15, 0.2) is 0 Å². The fraction of sp³-hybridized carbons (Fsp3) is 1.00. The standard InChI is InChI=1S/C14H20/c1-2-13-5-9-4-12(13)14-6-8(9)3-10(14)11(13)7-14/h8-12H,2-7H2,1H3. The van der Waals surface area contributed by atoms with Gasteiger partial charge in [-0.1, -0.05) is 6.92 Å². The summed E-state index contributed by atoms with van der Waals surface area (Å²) >= 11 is 0. The Kier molecular flexibility index (Phi) is 0.897. The van der Waals surface area contributed by atoms with E-state index < -0.39 is 0 Å². The molecule has 7 unspecified atom stereocenters. The van der Waals surface area contributed by atoms with Crippen molar-refractivity contribution in [3.63, 3.8) is 0 Å². The lowest BCUT2D eigenvalue weighted by atomic mass is 9.57. The second kappa shape index (κ2) is 1.72. The molecule has 0 saturated heterocycles. The zero-order valence-electron chi connectivity index (χ0n) is 9.13. The van der Waals surface area contributed by atoms with Gasteiger partial charge in [0.2, 0.25) is 0 Å². The van der Waals surface area contributed by atoms with Gasteiger partial charge in [0, 0.05) is 0 Å². The van der Waals surface area contributed by atoms with Crippen LogP contribution < -0.4 is 0 Å². The Morgan fingerprint density at radius 2 is 1.86 bits per heavy atom. The zero-order chi connectivity index (χ0) is 9.13. The summed E-state index contributed by atoms with van der Waals surface area (Å²) in [5.41, 5.74) is 1.83. The maximum Gasteiger partial charge on any atom is -0.0227 e. The van der Waals surface area contributed by atoms with Crippen molar-refractivity contribution in [2.24, 2.45) is 40.4 Å². The molecular formula is C14H20. The van der Waals surface area contributed by atoms with Crippen molar-refractivity contribution in [1.29, 1.82) is 0 Å². The maximum absolute atomic E-state index is 2.49. The van der Waals surface area contributed by atoms with E-state index in [9.17, 15) is 0 Å². The first-order valence-electron chi connectivity index (χ1n) is 6.80. The molecule has 1 spiro atoms. The van der Waals surface area contributed by atoms with E-state index in [0.717, 1.165) is 10.8 Å². The molecule has 0 N–H and O–H groups in total. The van der Waals surface area contributed by atoms with E-state index in [1.54, 1.807) is 32.1 Å². The molecule has 5 fully saturated rings. The summed E-state index contributed by atoms with van der Waals surface area (Å²) in [7, 11) is 0. The number of hydrogen-bond donors (Lipinski definition) is 0. The molecule has 0 aromatic carbocycles.